The monoisotopic (exact) mass is 275 g/mol. The molecule has 2 heterocycles. The fraction of sp³-hybridized carbons (Fsp3) is 0.533. The first kappa shape index (κ1) is 13.4. The van der Waals surface area contributed by atoms with Crippen LogP contribution in [0.2, 0.25) is 0 Å². The van der Waals surface area contributed by atoms with Crippen LogP contribution in [0.3, 0.4) is 0 Å². The molecule has 1 aromatic heterocycles. The van der Waals surface area contributed by atoms with Gasteiger partial charge in [-0.15, -0.1) is 0 Å². The Balaban J connectivity index is 1.80. The van der Waals surface area contributed by atoms with Crippen LogP contribution in [0.1, 0.15) is 26.2 Å². The van der Waals surface area contributed by atoms with Gasteiger partial charge < -0.3 is 14.9 Å². The largest absolute Gasteiger partial charge is 0.439 e. The number of hydrogen-bond acceptors (Lipinski definition) is 5. The van der Waals surface area contributed by atoms with E-state index in [1.54, 1.807) is 0 Å². The maximum Gasteiger partial charge on any atom is 0.209 e. The zero-order valence-corrected chi connectivity index (χ0v) is 12.0. The third kappa shape index (κ3) is 2.64. The van der Waals surface area contributed by atoms with Crippen LogP contribution in [0.15, 0.2) is 22.6 Å². The Morgan fingerprint density at radius 3 is 3.10 bits per heavy atom. The lowest BCUT2D eigenvalue weighted by Gasteiger charge is -2.37. The molecule has 1 saturated heterocycles. The van der Waals surface area contributed by atoms with Crippen LogP contribution in [-0.4, -0.2) is 35.2 Å². The molecule has 1 aromatic carbocycles. The second-order valence-corrected chi connectivity index (χ2v) is 5.47. The molecule has 3 rings (SSSR count). The predicted molar refractivity (Wildman–Crippen MR) is 78.3 cm³/mol. The number of rotatable bonds is 3. The number of nitrogens with two attached hydrogens (primary N) is 1. The SMILES string of the molecule is CCC1COC(C)CN1Cc1nc2ccc(N)cc2o1. The third-order valence-electron chi connectivity index (χ3n) is 3.85. The maximum atomic E-state index is 5.81. The molecule has 2 unspecified atom stereocenters. The Kier molecular flexibility index (Phi) is 3.63. The summed E-state index contributed by atoms with van der Waals surface area (Å²) < 4.78 is 11.5. The molecular formula is C15H21N3O2. The van der Waals surface area contributed by atoms with Crippen LogP contribution in [-0.2, 0) is 11.3 Å². The zero-order chi connectivity index (χ0) is 14.1. The van der Waals surface area contributed by atoms with Crippen molar-refractivity contribution in [3.63, 3.8) is 0 Å². The lowest BCUT2D eigenvalue weighted by Crippen LogP contribution is -2.47. The first-order valence-corrected chi connectivity index (χ1v) is 7.16. The Morgan fingerprint density at radius 1 is 1.45 bits per heavy atom. The van der Waals surface area contributed by atoms with Crippen molar-refractivity contribution in [2.24, 2.45) is 0 Å². The lowest BCUT2D eigenvalue weighted by atomic mass is 10.1. The Hall–Kier alpha value is -1.59. The summed E-state index contributed by atoms with van der Waals surface area (Å²) in [6.07, 6.45) is 1.33. The highest BCUT2D eigenvalue weighted by Gasteiger charge is 2.26. The van der Waals surface area contributed by atoms with Gasteiger partial charge in [0.1, 0.15) is 5.52 Å². The van der Waals surface area contributed by atoms with E-state index < -0.39 is 0 Å². The van der Waals surface area contributed by atoms with Crippen molar-refractivity contribution in [1.29, 1.82) is 0 Å². The van der Waals surface area contributed by atoms with E-state index in [0.717, 1.165) is 43.1 Å². The van der Waals surface area contributed by atoms with E-state index in [1.165, 1.54) is 0 Å². The molecule has 1 fully saturated rings. The molecule has 108 valence electrons. The lowest BCUT2D eigenvalue weighted by molar-refractivity contribution is -0.0614. The van der Waals surface area contributed by atoms with Crippen LogP contribution in [0, 0.1) is 0 Å². The molecule has 0 amide bonds. The highest BCUT2D eigenvalue weighted by atomic mass is 16.5. The van der Waals surface area contributed by atoms with Crippen LogP contribution >= 0.6 is 0 Å². The average molecular weight is 275 g/mol. The summed E-state index contributed by atoms with van der Waals surface area (Å²) in [4.78, 5) is 6.93. The summed E-state index contributed by atoms with van der Waals surface area (Å²) in [5.74, 6) is 0.748. The first-order chi connectivity index (χ1) is 9.65. The van der Waals surface area contributed by atoms with Gasteiger partial charge in [-0.2, -0.15) is 0 Å². The number of fused-ring (bicyclic) bond motifs is 1. The number of benzene rings is 1. The topological polar surface area (TPSA) is 64.5 Å². The average Bonchev–Trinajstić information content (AvgIpc) is 2.80. The van der Waals surface area contributed by atoms with Gasteiger partial charge in [0.2, 0.25) is 5.89 Å². The number of nitrogens with zero attached hydrogens (tertiary/aromatic N) is 2. The normalized spacial score (nSPS) is 24.3. The molecule has 0 radical (unpaired) electrons. The second-order valence-electron chi connectivity index (χ2n) is 5.47. The fourth-order valence-corrected chi connectivity index (χ4v) is 2.71. The van der Waals surface area contributed by atoms with Crippen molar-refractivity contribution in [2.75, 3.05) is 18.9 Å². The number of nitrogen functional groups attached to an aromatic ring is 1. The standard InChI is InChI=1S/C15H21N3O2/c1-3-12-9-19-10(2)7-18(12)8-15-17-13-5-4-11(16)6-14(13)20-15/h4-6,10,12H,3,7-9,16H2,1-2H3. The van der Waals surface area contributed by atoms with E-state index >= 15 is 0 Å². The molecule has 5 nitrogen and oxygen atoms in total. The Labute approximate surface area is 118 Å². The molecule has 0 bridgehead atoms. The molecule has 20 heavy (non-hydrogen) atoms. The summed E-state index contributed by atoms with van der Waals surface area (Å²) in [5.41, 5.74) is 8.09. The molecule has 2 atom stereocenters. The molecule has 2 N–H and O–H groups in total. The van der Waals surface area contributed by atoms with E-state index in [4.69, 9.17) is 14.9 Å². The number of anilines is 1. The number of oxazole rings is 1. The molecule has 5 heteroatoms. The quantitative estimate of drug-likeness (QED) is 0.871. The van der Waals surface area contributed by atoms with Crippen LogP contribution in [0.25, 0.3) is 11.1 Å². The minimum absolute atomic E-state index is 0.262. The van der Waals surface area contributed by atoms with Crippen LogP contribution < -0.4 is 5.73 Å². The highest BCUT2D eigenvalue weighted by molar-refractivity contribution is 5.76. The van der Waals surface area contributed by atoms with E-state index in [0.29, 0.717) is 11.7 Å². The van der Waals surface area contributed by atoms with Crippen molar-refractivity contribution in [1.82, 2.24) is 9.88 Å². The van der Waals surface area contributed by atoms with Crippen LogP contribution in [0.4, 0.5) is 5.69 Å². The summed E-state index contributed by atoms with van der Waals surface area (Å²) in [5, 5.41) is 0. The molecule has 0 aliphatic carbocycles. The number of hydrogen-bond donors (Lipinski definition) is 1. The minimum atomic E-state index is 0.262. The number of aromatic nitrogens is 1. The van der Waals surface area contributed by atoms with Crippen molar-refractivity contribution in [3.05, 3.63) is 24.1 Å². The van der Waals surface area contributed by atoms with Gasteiger partial charge >= 0.3 is 0 Å². The van der Waals surface area contributed by atoms with E-state index in [1.807, 2.05) is 18.2 Å². The van der Waals surface area contributed by atoms with Gasteiger partial charge in [-0.1, -0.05) is 6.92 Å². The van der Waals surface area contributed by atoms with E-state index in [9.17, 15) is 0 Å². The summed E-state index contributed by atoms with van der Waals surface area (Å²) >= 11 is 0. The smallest absolute Gasteiger partial charge is 0.209 e. The number of morpholine rings is 1. The van der Waals surface area contributed by atoms with Gasteiger partial charge in [0, 0.05) is 24.3 Å². The third-order valence-corrected chi connectivity index (χ3v) is 3.85. The Bertz CT molecular complexity index is 596. The summed E-state index contributed by atoms with van der Waals surface area (Å²) in [6.45, 7) is 6.71. The summed E-state index contributed by atoms with van der Waals surface area (Å²) in [7, 11) is 0. The van der Waals surface area contributed by atoms with Crippen molar-refractivity contribution < 1.29 is 9.15 Å². The molecule has 1 aliphatic heterocycles. The number of ether oxygens (including phenoxy) is 1. The van der Waals surface area contributed by atoms with E-state index in [-0.39, 0.29) is 6.10 Å². The van der Waals surface area contributed by atoms with Gasteiger partial charge in [-0.25, -0.2) is 4.98 Å². The molecule has 0 spiro atoms. The van der Waals surface area contributed by atoms with Gasteiger partial charge in [-0.3, -0.25) is 4.90 Å². The minimum Gasteiger partial charge on any atom is -0.439 e. The fourth-order valence-electron chi connectivity index (χ4n) is 2.71. The summed E-state index contributed by atoms with van der Waals surface area (Å²) in [6, 6.07) is 6.01. The molecule has 0 saturated carbocycles. The van der Waals surface area contributed by atoms with Crippen molar-refractivity contribution in [2.45, 2.75) is 39.0 Å². The zero-order valence-electron chi connectivity index (χ0n) is 12.0. The van der Waals surface area contributed by atoms with Gasteiger partial charge in [-0.05, 0) is 25.5 Å². The van der Waals surface area contributed by atoms with Crippen molar-refractivity contribution in [3.8, 4) is 0 Å². The highest BCUT2D eigenvalue weighted by Crippen LogP contribution is 2.22. The molecular weight excluding hydrogens is 254 g/mol. The first-order valence-electron chi connectivity index (χ1n) is 7.16. The van der Waals surface area contributed by atoms with Gasteiger partial charge in [0.25, 0.3) is 0 Å². The molecule has 1 aliphatic rings. The van der Waals surface area contributed by atoms with Gasteiger partial charge in [0.05, 0.1) is 19.3 Å². The predicted octanol–water partition coefficient (Wildman–Crippen LogP) is 2.41. The van der Waals surface area contributed by atoms with Crippen LogP contribution in [0.5, 0.6) is 0 Å². The van der Waals surface area contributed by atoms with E-state index in [2.05, 4.69) is 23.7 Å². The van der Waals surface area contributed by atoms with Gasteiger partial charge in [0.15, 0.2) is 5.58 Å². The molecule has 2 aromatic rings. The maximum absolute atomic E-state index is 5.81. The Morgan fingerprint density at radius 2 is 2.30 bits per heavy atom. The second kappa shape index (κ2) is 5.42. The van der Waals surface area contributed by atoms with Crippen molar-refractivity contribution >= 4 is 16.8 Å².